The second-order valence-corrected chi connectivity index (χ2v) is 3.65. The summed E-state index contributed by atoms with van der Waals surface area (Å²) in [5, 5.41) is 9.68. The minimum atomic E-state index is -0.827. The van der Waals surface area contributed by atoms with E-state index in [-0.39, 0.29) is 12.1 Å². The molecule has 16 heavy (non-hydrogen) atoms. The molecule has 86 valence electrons. The van der Waals surface area contributed by atoms with E-state index in [2.05, 4.69) is 4.74 Å². The molecule has 0 fully saturated rings. The predicted octanol–water partition coefficient (Wildman–Crippen LogP) is 1.92. The van der Waals surface area contributed by atoms with Crippen LogP contribution < -0.4 is 0 Å². The van der Waals surface area contributed by atoms with Crippen LogP contribution in [0.25, 0.3) is 0 Å². The van der Waals surface area contributed by atoms with Gasteiger partial charge < -0.3 is 4.74 Å². The molecule has 0 unspecified atom stereocenters. The van der Waals surface area contributed by atoms with E-state index < -0.39 is 16.3 Å². The standard InChI is InChI=1S/C10H10ClNO4/c1-16-10(13)9(11)6-7-3-2-4-8(5-7)12(14)15/h2-5,9H,6H2,1H3/t9-/m1/s1. The van der Waals surface area contributed by atoms with Gasteiger partial charge in [-0.15, -0.1) is 11.6 Å². The fourth-order valence-corrected chi connectivity index (χ4v) is 1.48. The van der Waals surface area contributed by atoms with Crippen LogP contribution in [-0.4, -0.2) is 23.4 Å². The maximum Gasteiger partial charge on any atom is 0.324 e. The van der Waals surface area contributed by atoms with Crippen molar-refractivity contribution in [2.24, 2.45) is 0 Å². The highest BCUT2D eigenvalue weighted by Gasteiger charge is 2.17. The first-order chi connectivity index (χ1) is 7.54. The van der Waals surface area contributed by atoms with Crippen LogP contribution in [-0.2, 0) is 16.0 Å². The average molecular weight is 244 g/mol. The van der Waals surface area contributed by atoms with Gasteiger partial charge in [0, 0.05) is 12.1 Å². The average Bonchev–Trinajstić information content (AvgIpc) is 2.28. The molecule has 0 N–H and O–H groups in total. The van der Waals surface area contributed by atoms with Gasteiger partial charge in [-0.2, -0.15) is 0 Å². The molecule has 0 amide bonds. The fourth-order valence-electron chi connectivity index (χ4n) is 1.22. The van der Waals surface area contributed by atoms with Gasteiger partial charge in [0.25, 0.3) is 5.69 Å². The minimum Gasteiger partial charge on any atom is -0.468 e. The van der Waals surface area contributed by atoms with Gasteiger partial charge in [0.2, 0.25) is 0 Å². The van der Waals surface area contributed by atoms with Crippen LogP contribution in [0, 0.1) is 10.1 Å². The van der Waals surface area contributed by atoms with Crippen LogP contribution in [0.4, 0.5) is 5.69 Å². The molecular weight excluding hydrogens is 234 g/mol. The van der Waals surface area contributed by atoms with E-state index in [4.69, 9.17) is 11.6 Å². The van der Waals surface area contributed by atoms with Crippen LogP contribution in [0.3, 0.4) is 0 Å². The third-order valence-corrected chi connectivity index (χ3v) is 2.33. The van der Waals surface area contributed by atoms with E-state index in [1.807, 2.05) is 0 Å². The molecule has 6 heteroatoms. The second kappa shape index (κ2) is 5.46. The number of nitro benzene ring substituents is 1. The summed E-state index contributed by atoms with van der Waals surface area (Å²) in [6.07, 6.45) is 0.204. The van der Waals surface area contributed by atoms with Crippen molar-refractivity contribution in [2.75, 3.05) is 7.11 Å². The molecule has 0 saturated carbocycles. The molecular formula is C10H10ClNO4. The monoisotopic (exact) mass is 243 g/mol. The highest BCUT2D eigenvalue weighted by Crippen LogP contribution is 2.16. The van der Waals surface area contributed by atoms with E-state index in [0.717, 1.165) is 0 Å². The zero-order chi connectivity index (χ0) is 12.1. The molecule has 0 aromatic heterocycles. The third-order valence-electron chi connectivity index (χ3n) is 1.99. The highest BCUT2D eigenvalue weighted by molar-refractivity contribution is 6.30. The Morgan fingerprint density at radius 1 is 1.62 bits per heavy atom. The Kier molecular flexibility index (Phi) is 4.25. The summed E-state index contributed by atoms with van der Waals surface area (Å²) in [7, 11) is 1.24. The lowest BCUT2D eigenvalue weighted by Gasteiger charge is -2.06. The maximum atomic E-state index is 11.0. The van der Waals surface area contributed by atoms with E-state index in [0.29, 0.717) is 5.56 Å². The first-order valence-corrected chi connectivity index (χ1v) is 4.93. The fraction of sp³-hybridized carbons (Fsp3) is 0.300. The maximum absolute atomic E-state index is 11.0. The number of alkyl halides is 1. The SMILES string of the molecule is COC(=O)[C@H](Cl)Cc1cccc([N+](=O)[O-])c1. The Bertz CT molecular complexity index is 408. The van der Waals surface area contributed by atoms with Crippen molar-refractivity contribution in [2.45, 2.75) is 11.8 Å². The summed E-state index contributed by atoms with van der Waals surface area (Å²) in [6.45, 7) is 0. The van der Waals surface area contributed by atoms with Gasteiger partial charge in [-0.05, 0) is 12.0 Å². The van der Waals surface area contributed by atoms with Crippen LogP contribution in [0.15, 0.2) is 24.3 Å². The van der Waals surface area contributed by atoms with Crippen molar-refractivity contribution in [1.82, 2.24) is 0 Å². The number of ether oxygens (including phenoxy) is 1. The summed E-state index contributed by atoms with van der Waals surface area (Å²) >= 11 is 5.75. The number of benzene rings is 1. The number of non-ortho nitro benzene ring substituents is 1. The van der Waals surface area contributed by atoms with Crippen molar-refractivity contribution in [1.29, 1.82) is 0 Å². The van der Waals surface area contributed by atoms with Gasteiger partial charge in [-0.3, -0.25) is 14.9 Å². The molecule has 1 aromatic rings. The topological polar surface area (TPSA) is 69.4 Å². The van der Waals surface area contributed by atoms with Gasteiger partial charge in [0.1, 0.15) is 5.38 Å². The molecule has 1 aromatic carbocycles. The number of rotatable bonds is 4. The Morgan fingerprint density at radius 2 is 2.31 bits per heavy atom. The van der Waals surface area contributed by atoms with Crippen molar-refractivity contribution in [3.63, 3.8) is 0 Å². The lowest BCUT2D eigenvalue weighted by Crippen LogP contribution is -2.18. The smallest absolute Gasteiger partial charge is 0.324 e. The summed E-state index contributed by atoms with van der Waals surface area (Å²) in [5.41, 5.74) is 0.603. The Labute approximate surface area is 97.1 Å². The van der Waals surface area contributed by atoms with Gasteiger partial charge >= 0.3 is 5.97 Å². The molecule has 1 atom stereocenters. The van der Waals surface area contributed by atoms with Gasteiger partial charge in [-0.25, -0.2) is 0 Å². The lowest BCUT2D eigenvalue weighted by atomic mass is 10.1. The van der Waals surface area contributed by atoms with Gasteiger partial charge in [0.15, 0.2) is 0 Å². The number of nitrogens with zero attached hydrogens (tertiary/aromatic N) is 1. The van der Waals surface area contributed by atoms with E-state index in [9.17, 15) is 14.9 Å². The molecule has 1 rings (SSSR count). The molecule has 5 nitrogen and oxygen atoms in total. The number of halogens is 1. The van der Waals surface area contributed by atoms with Crippen LogP contribution in [0.2, 0.25) is 0 Å². The Morgan fingerprint density at radius 3 is 2.88 bits per heavy atom. The number of carbonyl (C=O) groups is 1. The molecule has 0 spiro atoms. The zero-order valence-electron chi connectivity index (χ0n) is 8.55. The van der Waals surface area contributed by atoms with E-state index in [1.54, 1.807) is 12.1 Å². The van der Waals surface area contributed by atoms with Crippen LogP contribution >= 0.6 is 11.6 Å². The third kappa shape index (κ3) is 3.20. The number of esters is 1. The predicted molar refractivity (Wildman–Crippen MR) is 58.5 cm³/mol. The molecule has 0 saturated heterocycles. The molecule has 0 aliphatic heterocycles. The number of methoxy groups -OCH3 is 1. The molecule has 0 aliphatic rings. The van der Waals surface area contributed by atoms with Crippen molar-refractivity contribution in [3.8, 4) is 0 Å². The summed E-state index contributed by atoms with van der Waals surface area (Å²) in [5.74, 6) is -0.548. The largest absolute Gasteiger partial charge is 0.468 e. The second-order valence-electron chi connectivity index (χ2n) is 3.12. The Hall–Kier alpha value is -1.62. The summed E-state index contributed by atoms with van der Waals surface area (Å²) in [6, 6.07) is 5.99. The zero-order valence-corrected chi connectivity index (χ0v) is 9.31. The molecule has 0 bridgehead atoms. The van der Waals surface area contributed by atoms with Gasteiger partial charge in [0.05, 0.1) is 12.0 Å². The van der Waals surface area contributed by atoms with Crippen molar-refractivity contribution >= 4 is 23.3 Å². The first-order valence-electron chi connectivity index (χ1n) is 4.50. The molecule has 0 heterocycles. The highest BCUT2D eigenvalue weighted by atomic mass is 35.5. The molecule has 0 radical (unpaired) electrons. The molecule has 0 aliphatic carbocycles. The Balaban J connectivity index is 2.78. The number of hydrogen-bond acceptors (Lipinski definition) is 4. The lowest BCUT2D eigenvalue weighted by molar-refractivity contribution is -0.384. The summed E-state index contributed by atoms with van der Waals surface area (Å²) in [4.78, 5) is 21.1. The number of nitro groups is 1. The van der Waals surface area contributed by atoms with Crippen LogP contribution in [0.1, 0.15) is 5.56 Å². The number of carbonyl (C=O) groups excluding carboxylic acids is 1. The summed E-state index contributed by atoms with van der Waals surface area (Å²) < 4.78 is 4.46. The van der Waals surface area contributed by atoms with Crippen LogP contribution in [0.5, 0.6) is 0 Å². The minimum absolute atomic E-state index is 0.0220. The first kappa shape index (κ1) is 12.4. The van der Waals surface area contributed by atoms with Gasteiger partial charge in [-0.1, -0.05) is 12.1 Å². The normalized spacial score (nSPS) is 11.9. The quantitative estimate of drug-likeness (QED) is 0.351. The van der Waals surface area contributed by atoms with E-state index >= 15 is 0 Å². The van der Waals surface area contributed by atoms with E-state index in [1.165, 1.54) is 19.2 Å². The van der Waals surface area contributed by atoms with Crippen molar-refractivity contribution < 1.29 is 14.5 Å². The van der Waals surface area contributed by atoms with Crippen molar-refractivity contribution in [3.05, 3.63) is 39.9 Å². The number of hydrogen-bond donors (Lipinski definition) is 0.